The molecule has 0 bridgehead atoms. The highest BCUT2D eigenvalue weighted by Gasteiger charge is 2.32. The summed E-state index contributed by atoms with van der Waals surface area (Å²) < 4.78 is 13.1. The number of carbonyl (C=O) groups excluding carboxylic acids is 1. The first kappa shape index (κ1) is 20.9. The maximum absolute atomic E-state index is 13.1. The fraction of sp³-hybridized carbons (Fsp3) is 0.417. The predicted octanol–water partition coefficient (Wildman–Crippen LogP) is 5.46. The quantitative estimate of drug-likeness (QED) is 0.668. The Labute approximate surface area is 182 Å². The van der Waals surface area contributed by atoms with Crippen LogP contribution in [0.25, 0.3) is 0 Å². The number of amidine groups is 1. The number of nitrogens with one attached hydrogen (secondary N) is 1. The maximum atomic E-state index is 13.1. The van der Waals surface area contributed by atoms with Gasteiger partial charge in [0.2, 0.25) is 5.91 Å². The Bertz CT molecular complexity index is 866. The van der Waals surface area contributed by atoms with E-state index in [1.54, 1.807) is 23.9 Å². The topological polar surface area (TPSA) is 44.7 Å². The number of aliphatic imine (C=N–C) groups is 1. The van der Waals surface area contributed by atoms with E-state index in [4.69, 9.17) is 4.99 Å². The van der Waals surface area contributed by atoms with Crippen molar-refractivity contribution < 1.29 is 9.18 Å². The van der Waals surface area contributed by atoms with Crippen molar-refractivity contribution in [3.8, 4) is 0 Å². The van der Waals surface area contributed by atoms with Crippen molar-refractivity contribution in [2.24, 2.45) is 4.99 Å². The molecule has 1 saturated heterocycles. The molecule has 2 fully saturated rings. The van der Waals surface area contributed by atoms with E-state index in [0.29, 0.717) is 18.2 Å². The van der Waals surface area contributed by atoms with E-state index >= 15 is 0 Å². The van der Waals surface area contributed by atoms with Gasteiger partial charge in [0.1, 0.15) is 5.82 Å². The van der Waals surface area contributed by atoms with Crippen LogP contribution in [-0.2, 0) is 11.3 Å². The minimum atomic E-state index is -0.308. The van der Waals surface area contributed by atoms with Crippen molar-refractivity contribution in [3.05, 3.63) is 66.0 Å². The van der Waals surface area contributed by atoms with Crippen LogP contribution in [0.5, 0.6) is 0 Å². The van der Waals surface area contributed by atoms with Gasteiger partial charge in [-0.25, -0.2) is 4.39 Å². The smallest absolute Gasteiger partial charge is 0.226 e. The third kappa shape index (κ3) is 5.63. The lowest BCUT2D eigenvalue weighted by Gasteiger charge is -2.27. The van der Waals surface area contributed by atoms with E-state index in [1.807, 2.05) is 18.2 Å². The van der Waals surface area contributed by atoms with Crippen LogP contribution < -0.4 is 5.32 Å². The lowest BCUT2D eigenvalue weighted by molar-refractivity contribution is -0.116. The van der Waals surface area contributed by atoms with Gasteiger partial charge in [-0.15, -0.1) is 0 Å². The molecular weight excluding hydrogens is 397 g/mol. The fourth-order valence-electron chi connectivity index (χ4n) is 4.08. The van der Waals surface area contributed by atoms with Crippen molar-refractivity contribution in [2.45, 2.75) is 57.2 Å². The Morgan fingerprint density at radius 3 is 2.53 bits per heavy atom. The summed E-state index contributed by atoms with van der Waals surface area (Å²) in [6.07, 6.45) is 6.55. The Balaban J connectivity index is 1.46. The van der Waals surface area contributed by atoms with Crippen molar-refractivity contribution >= 4 is 28.5 Å². The molecule has 1 aliphatic heterocycles. The highest BCUT2D eigenvalue weighted by molar-refractivity contribution is 8.14. The summed E-state index contributed by atoms with van der Waals surface area (Å²) in [5.41, 5.74) is 1.85. The molecular formula is C24H28FN3OS. The van der Waals surface area contributed by atoms with Gasteiger partial charge in [0.05, 0.1) is 6.04 Å². The van der Waals surface area contributed by atoms with Gasteiger partial charge >= 0.3 is 0 Å². The maximum Gasteiger partial charge on any atom is 0.226 e. The molecule has 1 aliphatic carbocycles. The molecule has 0 radical (unpaired) electrons. The van der Waals surface area contributed by atoms with E-state index in [2.05, 4.69) is 22.3 Å². The van der Waals surface area contributed by atoms with E-state index in [0.717, 1.165) is 17.5 Å². The summed E-state index contributed by atoms with van der Waals surface area (Å²) in [6.45, 7) is 0.758. The molecule has 1 atom stereocenters. The van der Waals surface area contributed by atoms with Gasteiger partial charge in [-0.3, -0.25) is 9.79 Å². The molecule has 2 aromatic rings. The number of carbonyl (C=O) groups is 1. The van der Waals surface area contributed by atoms with Crippen molar-refractivity contribution in [3.63, 3.8) is 0 Å². The zero-order chi connectivity index (χ0) is 20.8. The largest absolute Gasteiger partial charge is 0.343 e. The molecule has 2 aromatic carbocycles. The summed E-state index contributed by atoms with van der Waals surface area (Å²) in [5.74, 6) is 0.497. The monoisotopic (exact) mass is 425 g/mol. The Kier molecular flexibility index (Phi) is 7.05. The standard InChI is InChI=1S/C24H28FN3OS/c25-19-11-13-21(14-12-19)26-23(29)15-22-17-30-24(27-20-9-5-2-6-10-20)28(22)16-18-7-3-1-4-8-18/h1,3-4,7-8,11-14,20,22H,2,5-6,9-10,15-17H2,(H,26,29). The van der Waals surface area contributed by atoms with E-state index in [-0.39, 0.29) is 17.8 Å². The van der Waals surface area contributed by atoms with Crippen LogP contribution in [0.15, 0.2) is 59.6 Å². The molecule has 1 N–H and O–H groups in total. The summed E-state index contributed by atoms with van der Waals surface area (Å²) in [5, 5.41) is 3.97. The summed E-state index contributed by atoms with van der Waals surface area (Å²) in [4.78, 5) is 20.1. The first-order chi connectivity index (χ1) is 14.7. The van der Waals surface area contributed by atoms with Crippen molar-refractivity contribution in [2.75, 3.05) is 11.1 Å². The lowest BCUT2D eigenvalue weighted by atomic mass is 9.96. The number of hydrogen-bond acceptors (Lipinski definition) is 3. The molecule has 0 aromatic heterocycles. The number of thioether (sulfide) groups is 1. The Hall–Kier alpha value is -2.34. The second kappa shape index (κ2) is 10.1. The fourth-order valence-corrected chi connectivity index (χ4v) is 5.33. The van der Waals surface area contributed by atoms with Crippen LogP contribution in [0.4, 0.5) is 10.1 Å². The number of rotatable bonds is 6. The highest BCUT2D eigenvalue weighted by atomic mass is 32.2. The molecule has 30 heavy (non-hydrogen) atoms. The molecule has 158 valence electrons. The predicted molar refractivity (Wildman–Crippen MR) is 122 cm³/mol. The SMILES string of the molecule is O=C(CC1CSC(=NC2CCCCC2)N1Cc1ccccc1)Nc1ccc(F)cc1. The molecule has 0 spiro atoms. The molecule has 1 unspecified atom stereocenters. The second-order valence-corrected chi connectivity index (χ2v) is 9.03. The van der Waals surface area contributed by atoms with Gasteiger partial charge in [0.15, 0.2) is 5.17 Å². The van der Waals surface area contributed by atoms with Crippen LogP contribution >= 0.6 is 11.8 Å². The number of halogens is 1. The molecule has 6 heteroatoms. The van der Waals surface area contributed by atoms with Crippen LogP contribution in [0, 0.1) is 5.82 Å². The number of anilines is 1. The van der Waals surface area contributed by atoms with E-state index in [9.17, 15) is 9.18 Å². The van der Waals surface area contributed by atoms with Gasteiger partial charge < -0.3 is 10.2 Å². The second-order valence-electron chi connectivity index (χ2n) is 8.04. The van der Waals surface area contributed by atoms with Crippen LogP contribution in [-0.4, -0.2) is 33.8 Å². The minimum Gasteiger partial charge on any atom is -0.343 e. The number of amides is 1. The average Bonchev–Trinajstić information content (AvgIpc) is 3.12. The van der Waals surface area contributed by atoms with Crippen LogP contribution in [0.2, 0.25) is 0 Å². The minimum absolute atomic E-state index is 0.0517. The summed E-state index contributed by atoms with van der Waals surface area (Å²) in [6, 6.07) is 16.8. The molecule has 4 nitrogen and oxygen atoms in total. The van der Waals surface area contributed by atoms with E-state index in [1.165, 1.54) is 49.8 Å². The number of nitrogens with zero attached hydrogens (tertiary/aromatic N) is 2. The Morgan fingerprint density at radius 2 is 1.80 bits per heavy atom. The van der Waals surface area contributed by atoms with Crippen LogP contribution in [0.3, 0.4) is 0 Å². The number of hydrogen-bond donors (Lipinski definition) is 1. The van der Waals surface area contributed by atoms with Crippen molar-refractivity contribution in [1.29, 1.82) is 0 Å². The van der Waals surface area contributed by atoms with Gasteiger partial charge in [-0.05, 0) is 42.7 Å². The van der Waals surface area contributed by atoms with Gasteiger partial charge in [0.25, 0.3) is 0 Å². The van der Waals surface area contributed by atoms with Gasteiger partial charge in [0, 0.05) is 30.4 Å². The molecule has 4 rings (SSSR count). The first-order valence-corrected chi connectivity index (χ1v) is 11.7. The van der Waals surface area contributed by atoms with E-state index < -0.39 is 0 Å². The first-order valence-electron chi connectivity index (χ1n) is 10.7. The zero-order valence-corrected chi connectivity index (χ0v) is 17.9. The van der Waals surface area contributed by atoms with Crippen LogP contribution in [0.1, 0.15) is 44.1 Å². The molecule has 1 amide bonds. The highest BCUT2D eigenvalue weighted by Crippen LogP contribution is 2.31. The Morgan fingerprint density at radius 1 is 1.07 bits per heavy atom. The van der Waals surface area contributed by atoms with Gasteiger partial charge in [-0.2, -0.15) is 0 Å². The molecule has 1 saturated carbocycles. The average molecular weight is 426 g/mol. The summed E-state index contributed by atoms with van der Waals surface area (Å²) >= 11 is 1.77. The molecule has 2 aliphatic rings. The summed E-state index contributed by atoms with van der Waals surface area (Å²) in [7, 11) is 0. The van der Waals surface area contributed by atoms with Gasteiger partial charge in [-0.1, -0.05) is 61.4 Å². The van der Waals surface area contributed by atoms with Crippen molar-refractivity contribution in [1.82, 2.24) is 4.90 Å². The molecule has 1 heterocycles. The zero-order valence-electron chi connectivity index (χ0n) is 17.1. The third-order valence-corrected chi connectivity index (χ3v) is 6.85. The normalized spacial score (nSPS) is 21.2. The third-order valence-electron chi connectivity index (χ3n) is 5.70. The number of benzene rings is 2. The lowest BCUT2D eigenvalue weighted by Crippen LogP contribution is -2.37.